The summed E-state index contributed by atoms with van der Waals surface area (Å²) in [5, 5.41) is 0. The molecule has 1 fully saturated rings. The second-order valence-electron chi connectivity index (χ2n) is 3.49. The van der Waals surface area contributed by atoms with Crippen LogP contribution in [0.25, 0.3) is 6.08 Å². The van der Waals surface area contributed by atoms with Gasteiger partial charge in [0.2, 0.25) is 0 Å². The van der Waals surface area contributed by atoms with Crippen LogP contribution in [0.5, 0.6) is 0 Å². The van der Waals surface area contributed by atoms with Gasteiger partial charge < -0.3 is 9.15 Å². The highest BCUT2D eigenvalue weighted by atomic mass is 79.9. The summed E-state index contributed by atoms with van der Waals surface area (Å²) in [6.07, 6.45) is 1.58. The van der Waals surface area contributed by atoms with Crippen molar-refractivity contribution in [3.63, 3.8) is 0 Å². The number of hydrogen-bond donors (Lipinski definition) is 0. The van der Waals surface area contributed by atoms with E-state index in [1.54, 1.807) is 18.2 Å². The van der Waals surface area contributed by atoms with Crippen LogP contribution in [0.4, 0.5) is 0 Å². The van der Waals surface area contributed by atoms with Gasteiger partial charge in [0.05, 0.1) is 12.0 Å². The number of halogens is 1. The first kappa shape index (κ1) is 14.3. The van der Waals surface area contributed by atoms with Crippen LogP contribution in [0.15, 0.2) is 26.1 Å². The Morgan fingerprint density at radius 3 is 2.95 bits per heavy atom. The zero-order valence-corrected chi connectivity index (χ0v) is 12.9. The predicted molar refractivity (Wildman–Crippen MR) is 78.3 cm³/mol. The van der Waals surface area contributed by atoms with E-state index in [1.807, 2.05) is 0 Å². The van der Waals surface area contributed by atoms with Gasteiger partial charge in [0, 0.05) is 6.08 Å². The van der Waals surface area contributed by atoms with Crippen molar-refractivity contribution in [3.05, 3.63) is 27.5 Å². The van der Waals surface area contributed by atoms with Crippen LogP contribution in [0.3, 0.4) is 0 Å². The maximum absolute atomic E-state index is 12.1. The third kappa shape index (κ3) is 3.26. The minimum Gasteiger partial charge on any atom is -0.468 e. The lowest BCUT2D eigenvalue weighted by Crippen LogP contribution is -2.33. The van der Waals surface area contributed by atoms with Crippen LogP contribution < -0.4 is 0 Å². The van der Waals surface area contributed by atoms with Gasteiger partial charge in [-0.2, -0.15) is 0 Å². The zero-order valence-electron chi connectivity index (χ0n) is 9.71. The van der Waals surface area contributed by atoms with Gasteiger partial charge in [-0.15, -0.1) is 0 Å². The van der Waals surface area contributed by atoms with Crippen molar-refractivity contribution in [2.45, 2.75) is 0 Å². The maximum atomic E-state index is 12.1. The number of amides is 1. The Hall–Kier alpha value is -1.12. The molecular weight excluding hydrogens is 354 g/mol. The van der Waals surface area contributed by atoms with Crippen molar-refractivity contribution < 1.29 is 18.7 Å². The highest BCUT2D eigenvalue weighted by Gasteiger charge is 2.33. The second kappa shape index (κ2) is 5.89. The molecule has 0 bridgehead atoms. The molecule has 8 heteroatoms. The lowest BCUT2D eigenvalue weighted by Gasteiger charge is -2.11. The van der Waals surface area contributed by atoms with Gasteiger partial charge in [-0.3, -0.25) is 14.5 Å². The molecule has 0 saturated carbocycles. The number of carbonyl (C=O) groups excluding carboxylic acids is 2. The van der Waals surface area contributed by atoms with E-state index in [-0.39, 0.29) is 12.5 Å². The summed E-state index contributed by atoms with van der Waals surface area (Å²) in [5.41, 5.74) is 0. The monoisotopic (exact) mass is 361 g/mol. The molecule has 0 atom stereocenters. The molecule has 0 unspecified atom stereocenters. The molecule has 1 amide bonds. The number of carbonyl (C=O) groups is 2. The molecular formula is C11H8BrNO4S2. The number of nitrogens with zero attached hydrogens (tertiary/aromatic N) is 1. The van der Waals surface area contributed by atoms with E-state index in [1.165, 1.54) is 12.0 Å². The Bertz CT molecular complexity index is 581. The maximum Gasteiger partial charge on any atom is 0.325 e. The number of hydrogen-bond acceptors (Lipinski definition) is 6. The Morgan fingerprint density at radius 1 is 1.63 bits per heavy atom. The summed E-state index contributed by atoms with van der Waals surface area (Å²) >= 11 is 9.36. The minimum atomic E-state index is -0.515. The van der Waals surface area contributed by atoms with Gasteiger partial charge in [0.1, 0.15) is 16.6 Å². The third-order valence-electron chi connectivity index (χ3n) is 2.26. The number of furan rings is 1. The minimum absolute atomic E-state index is 0.180. The average Bonchev–Trinajstić information content (AvgIpc) is 2.88. The Labute approximate surface area is 127 Å². The van der Waals surface area contributed by atoms with Crippen molar-refractivity contribution in [1.82, 2.24) is 4.90 Å². The predicted octanol–water partition coefficient (Wildman–Crippen LogP) is 2.42. The molecule has 2 rings (SSSR count). The van der Waals surface area contributed by atoms with Crippen molar-refractivity contribution in [1.29, 1.82) is 0 Å². The van der Waals surface area contributed by atoms with Crippen molar-refractivity contribution in [3.8, 4) is 0 Å². The first-order valence-electron chi connectivity index (χ1n) is 5.09. The molecule has 100 valence electrons. The van der Waals surface area contributed by atoms with Crippen LogP contribution in [0.1, 0.15) is 5.76 Å². The molecule has 1 saturated heterocycles. The zero-order chi connectivity index (χ0) is 14.0. The summed E-state index contributed by atoms with van der Waals surface area (Å²) in [5.74, 6) is -0.309. The highest BCUT2D eigenvalue weighted by molar-refractivity contribution is 9.10. The first-order chi connectivity index (χ1) is 9.01. The summed E-state index contributed by atoms with van der Waals surface area (Å²) in [6.45, 7) is -0.180. The number of methoxy groups -OCH3 is 1. The fraction of sp³-hybridized carbons (Fsp3) is 0.182. The number of ether oxygens (including phenoxy) is 1. The van der Waals surface area contributed by atoms with Crippen LogP contribution in [-0.2, 0) is 14.3 Å². The summed E-state index contributed by atoms with van der Waals surface area (Å²) in [4.78, 5) is 24.9. The largest absolute Gasteiger partial charge is 0.468 e. The van der Waals surface area contributed by atoms with E-state index >= 15 is 0 Å². The SMILES string of the molecule is COC(=O)CN1C(=O)/C(=C\c2ccc(Br)o2)SC1=S. The second-order valence-corrected chi connectivity index (χ2v) is 5.94. The molecule has 0 spiro atoms. The normalized spacial score (nSPS) is 17.4. The topological polar surface area (TPSA) is 59.8 Å². The van der Waals surface area contributed by atoms with Crippen molar-refractivity contribution in [2.75, 3.05) is 13.7 Å². The molecule has 0 N–H and O–H groups in total. The van der Waals surface area contributed by atoms with E-state index < -0.39 is 5.97 Å². The van der Waals surface area contributed by atoms with Gasteiger partial charge in [-0.05, 0) is 28.1 Å². The number of rotatable bonds is 3. The molecule has 1 aliphatic rings. The molecule has 0 aromatic carbocycles. The molecule has 19 heavy (non-hydrogen) atoms. The Morgan fingerprint density at radius 2 is 2.37 bits per heavy atom. The average molecular weight is 362 g/mol. The van der Waals surface area contributed by atoms with E-state index in [0.29, 0.717) is 19.7 Å². The summed E-state index contributed by atoms with van der Waals surface area (Å²) < 4.78 is 10.7. The molecule has 1 aromatic heterocycles. The van der Waals surface area contributed by atoms with Crippen LogP contribution in [0.2, 0.25) is 0 Å². The van der Waals surface area contributed by atoms with Gasteiger partial charge in [0.15, 0.2) is 4.67 Å². The van der Waals surface area contributed by atoms with E-state index in [2.05, 4.69) is 20.7 Å². The van der Waals surface area contributed by atoms with Crippen LogP contribution >= 0.6 is 39.9 Å². The molecule has 5 nitrogen and oxygen atoms in total. The van der Waals surface area contributed by atoms with Gasteiger partial charge in [-0.1, -0.05) is 24.0 Å². The molecule has 1 aromatic rings. The van der Waals surface area contributed by atoms with Gasteiger partial charge in [-0.25, -0.2) is 0 Å². The lowest BCUT2D eigenvalue weighted by molar-refractivity contribution is -0.143. The van der Waals surface area contributed by atoms with E-state index in [9.17, 15) is 9.59 Å². The molecule has 2 heterocycles. The number of thioether (sulfide) groups is 1. The summed E-state index contributed by atoms with van der Waals surface area (Å²) in [6, 6.07) is 3.44. The Balaban J connectivity index is 2.18. The number of esters is 1. The first-order valence-corrected chi connectivity index (χ1v) is 7.10. The standard InChI is InChI=1S/C11H8BrNO4S2/c1-16-9(14)5-13-10(15)7(19-11(13)18)4-6-2-3-8(12)17-6/h2-4H,5H2,1H3/b7-4+. The van der Waals surface area contributed by atoms with Gasteiger partial charge in [0.25, 0.3) is 5.91 Å². The molecule has 1 aliphatic heterocycles. The quantitative estimate of drug-likeness (QED) is 0.468. The Kier molecular flexibility index (Phi) is 4.43. The fourth-order valence-electron chi connectivity index (χ4n) is 1.37. The van der Waals surface area contributed by atoms with Gasteiger partial charge >= 0.3 is 5.97 Å². The van der Waals surface area contributed by atoms with Crippen LogP contribution in [0, 0.1) is 0 Å². The highest BCUT2D eigenvalue weighted by Crippen LogP contribution is 2.32. The van der Waals surface area contributed by atoms with Crippen LogP contribution in [-0.4, -0.2) is 34.8 Å². The third-order valence-corrected chi connectivity index (χ3v) is 4.06. The van der Waals surface area contributed by atoms with E-state index in [4.69, 9.17) is 16.6 Å². The van der Waals surface area contributed by atoms with Crippen molar-refractivity contribution in [2.24, 2.45) is 0 Å². The molecule has 0 radical (unpaired) electrons. The molecule has 0 aliphatic carbocycles. The number of thiocarbonyl (C=S) groups is 1. The van der Waals surface area contributed by atoms with Crippen molar-refractivity contribution >= 4 is 62.2 Å². The van der Waals surface area contributed by atoms with E-state index in [0.717, 1.165) is 11.8 Å². The summed E-state index contributed by atoms with van der Waals surface area (Å²) in [7, 11) is 1.26. The smallest absolute Gasteiger partial charge is 0.325 e. The lowest BCUT2D eigenvalue weighted by atomic mass is 10.3. The fourth-order valence-corrected chi connectivity index (χ4v) is 2.92.